The van der Waals surface area contributed by atoms with E-state index in [0.717, 1.165) is 18.8 Å². The van der Waals surface area contributed by atoms with Crippen molar-refractivity contribution < 1.29 is 0 Å². The van der Waals surface area contributed by atoms with Crippen LogP contribution in [0.2, 0.25) is 0 Å². The third-order valence-electron chi connectivity index (χ3n) is 3.12. The Bertz CT molecular complexity index is 698. The molecular formula is C12H15N9. The zero-order valence-corrected chi connectivity index (χ0v) is 11.8. The Kier molecular flexibility index (Phi) is 3.54. The van der Waals surface area contributed by atoms with E-state index in [9.17, 15) is 0 Å². The second-order valence-electron chi connectivity index (χ2n) is 4.28. The van der Waals surface area contributed by atoms with E-state index in [1.54, 1.807) is 9.47 Å². The van der Waals surface area contributed by atoms with Crippen LogP contribution in [0.25, 0.3) is 17.3 Å². The number of para-hydroxylation sites is 1. The second kappa shape index (κ2) is 5.65. The number of tetrazole rings is 2. The summed E-state index contributed by atoms with van der Waals surface area (Å²) in [4.78, 5) is 1.63. The fourth-order valence-corrected chi connectivity index (χ4v) is 2.07. The molecule has 1 aromatic carbocycles. The number of aromatic nitrogens is 8. The molecule has 0 saturated heterocycles. The number of hydrogen-bond acceptors (Lipinski definition) is 7. The van der Waals surface area contributed by atoms with Crippen LogP contribution >= 0.6 is 0 Å². The molecule has 108 valence electrons. The van der Waals surface area contributed by atoms with Crippen molar-refractivity contribution in [1.29, 1.82) is 0 Å². The summed E-state index contributed by atoms with van der Waals surface area (Å²) in [5, 5.41) is 25.6. The molecule has 0 spiro atoms. The Balaban J connectivity index is 2.08. The molecule has 0 atom stereocenters. The van der Waals surface area contributed by atoms with Gasteiger partial charge in [-0.05, 0) is 46.8 Å². The van der Waals surface area contributed by atoms with Crippen LogP contribution in [-0.4, -0.2) is 53.6 Å². The smallest absolute Gasteiger partial charge is 0.243 e. The van der Waals surface area contributed by atoms with E-state index in [1.807, 2.05) is 49.2 Å². The molecule has 0 aliphatic carbocycles. The summed E-state index contributed by atoms with van der Waals surface area (Å²) in [6, 6.07) is 9.63. The average molecular weight is 285 g/mol. The van der Waals surface area contributed by atoms with Gasteiger partial charge in [0, 0.05) is 13.1 Å². The Hall–Kier alpha value is -2.84. The molecule has 0 amide bonds. The van der Waals surface area contributed by atoms with E-state index in [0.29, 0.717) is 11.6 Å². The van der Waals surface area contributed by atoms with Gasteiger partial charge in [0.25, 0.3) is 0 Å². The summed E-state index contributed by atoms with van der Waals surface area (Å²) in [7, 11) is 0. The molecule has 0 aliphatic rings. The maximum absolute atomic E-state index is 4.06. The molecule has 2 heterocycles. The predicted octanol–water partition coefficient (Wildman–Crippen LogP) is 0.294. The van der Waals surface area contributed by atoms with Gasteiger partial charge in [0.2, 0.25) is 11.6 Å². The van der Waals surface area contributed by atoms with Crippen molar-refractivity contribution in [3.63, 3.8) is 0 Å². The highest BCUT2D eigenvalue weighted by Gasteiger charge is 2.20. The second-order valence-corrected chi connectivity index (χ2v) is 4.28. The number of nitrogens with zero attached hydrogens (tertiary/aromatic N) is 9. The fraction of sp³-hybridized carbons (Fsp3) is 0.333. The summed E-state index contributed by atoms with van der Waals surface area (Å²) >= 11 is 0. The van der Waals surface area contributed by atoms with Crippen LogP contribution in [0, 0.1) is 0 Å². The van der Waals surface area contributed by atoms with Crippen molar-refractivity contribution in [1.82, 2.24) is 40.5 Å². The Morgan fingerprint density at radius 3 is 2.29 bits per heavy atom. The standard InChI is InChI=1S/C12H15N9/c1-3-19(4-2)21-12(14-16-18-21)11-13-15-17-20(11)10-8-6-5-7-9-10/h5-9H,3-4H2,1-2H3. The topological polar surface area (TPSA) is 90.4 Å². The highest BCUT2D eigenvalue weighted by atomic mass is 15.8. The maximum Gasteiger partial charge on any atom is 0.243 e. The van der Waals surface area contributed by atoms with Gasteiger partial charge in [-0.1, -0.05) is 18.2 Å². The van der Waals surface area contributed by atoms with Gasteiger partial charge >= 0.3 is 0 Å². The first-order valence-electron chi connectivity index (χ1n) is 6.73. The van der Waals surface area contributed by atoms with E-state index in [1.165, 1.54) is 0 Å². The van der Waals surface area contributed by atoms with Gasteiger partial charge in [0.15, 0.2) is 0 Å². The van der Waals surface area contributed by atoms with Crippen molar-refractivity contribution in [3.8, 4) is 17.3 Å². The van der Waals surface area contributed by atoms with Crippen LogP contribution in [0.4, 0.5) is 0 Å². The lowest BCUT2D eigenvalue weighted by Crippen LogP contribution is -2.36. The van der Waals surface area contributed by atoms with Gasteiger partial charge in [0.05, 0.1) is 5.69 Å². The van der Waals surface area contributed by atoms with E-state index in [-0.39, 0.29) is 0 Å². The Labute approximate surface area is 121 Å². The summed E-state index contributed by atoms with van der Waals surface area (Å²) in [5.41, 5.74) is 0.853. The Morgan fingerprint density at radius 1 is 0.905 bits per heavy atom. The van der Waals surface area contributed by atoms with Crippen molar-refractivity contribution in [2.75, 3.05) is 18.1 Å². The normalized spacial score (nSPS) is 10.8. The third-order valence-corrected chi connectivity index (χ3v) is 3.12. The van der Waals surface area contributed by atoms with Crippen molar-refractivity contribution >= 4 is 0 Å². The SMILES string of the molecule is CCN(CC)n1nnnc1-c1nnnn1-c1ccccc1. The first-order valence-corrected chi connectivity index (χ1v) is 6.73. The number of hydrogen-bond donors (Lipinski definition) is 0. The molecule has 9 heteroatoms. The van der Waals surface area contributed by atoms with Crippen molar-refractivity contribution in [2.24, 2.45) is 0 Å². The molecule has 21 heavy (non-hydrogen) atoms. The van der Waals surface area contributed by atoms with Gasteiger partial charge in [-0.3, -0.25) is 5.01 Å². The van der Waals surface area contributed by atoms with Gasteiger partial charge in [-0.2, -0.15) is 4.68 Å². The molecule has 3 aromatic rings. The van der Waals surface area contributed by atoms with Crippen LogP contribution in [0.1, 0.15) is 13.8 Å². The van der Waals surface area contributed by atoms with Crippen LogP contribution in [0.15, 0.2) is 30.3 Å². The lowest BCUT2D eigenvalue weighted by molar-refractivity contribution is 0.541. The molecule has 0 N–H and O–H groups in total. The lowest BCUT2D eigenvalue weighted by atomic mass is 10.3. The molecule has 2 aromatic heterocycles. The molecular weight excluding hydrogens is 270 g/mol. The van der Waals surface area contributed by atoms with Crippen LogP contribution in [0.5, 0.6) is 0 Å². The molecule has 0 unspecified atom stereocenters. The minimum atomic E-state index is 0.498. The minimum Gasteiger partial charge on any atom is -0.294 e. The monoisotopic (exact) mass is 285 g/mol. The molecule has 9 nitrogen and oxygen atoms in total. The van der Waals surface area contributed by atoms with E-state index < -0.39 is 0 Å². The first-order chi connectivity index (χ1) is 10.3. The number of benzene rings is 1. The van der Waals surface area contributed by atoms with Gasteiger partial charge < -0.3 is 0 Å². The van der Waals surface area contributed by atoms with E-state index >= 15 is 0 Å². The van der Waals surface area contributed by atoms with Gasteiger partial charge in [-0.25, -0.2) is 0 Å². The molecule has 0 radical (unpaired) electrons. The van der Waals surface area contributed by atoms with E-state index in [4.69, 9.17) is 0 Å². The van der Waals surface area contributed by atoms with Crippen molar-refractivity contribution in [2.45, 2.75) is 13.8 Å². The van der Waals surface area contributed by atoms with Gasteiger partial charge in [0.1, 0.15) is 0 Å². The molecule has 0 fully saturated rings. The highest BCUT2D eigenvalue weighted by molar-refractivity contribution is 5.47. The molecule has 0 aliphatic heterocycles. The molecule has 3 rings (SSSR count). The average Bonchev–Trinajstić information content (AvgIpc) is 3.18. The summed E-state index contributed by atoms with van der Waals surface area (Å²) in [6.07, 6.45) is 0. The largest absolute Gasteiger partial charge is 0.294 e. The summed E-state index contributed by atoms with van der Waals surface area (Å²) in [6.45, 7) is 5.63. The van der Waals surface area contributed by atoms with E-state index in [2.05, 4.69) is 31.1 Å². The third kappa shape index (κ3) is 2.33. The number of rotatable bonds is 5. The zero-order chi connectivity index (χ0) is 14.7. The van der Waals surface area contributed by atoms with Gasteiger partial charge in [-0.15, -0.1) is 15.0 Å². The van der Waals surface area contributed by atoms with Crippen LogP contribution in [-0.2, 0) is 0 Å². The van der Waals surface area contributed by atoms with Crippen molar-refractivity contribution in [3.05, 3.63) is 30.3 Å². The van der Waals surface area contributed by atoms with Crippen LogP contribution in [0.3, 0.4) is 0 Å². The maximum atomic E-state index is 4.06. The zero-order valence-electron chi connectivity index (χ0n) is 11.8. The lowest BCUT2D eigenvalue weighted by Gasteiger charge is -2.20. The minimum absolute atomic E-state index is 0.498. The quantitative estimate of drug-likeness (QED) is 0.665. The summed E-state index contributed by atoms with van der Waals surface area (Å²) < 4.78 is 1.62. The highest BCUT2D eigenvalue weighted by Crippen LogP contribution is 2.16. The fourth-order valence-electron chi connectivity index (χ4n) is 2.07. The summed E-state index contributed by atoms with van der Waals surface area (Å²) in [5.74, 6) is 1.01. The molecule has 0 saturated carbocycles. The predicted molar refractivity (Wildman–Crippen MR) is 75.3 cm³/mol. The van der Waals surface area contributed by atoms with Crippen LogP contribution < -0.4 is 5.01 Å². The molecule has 0 bridgehead atoms. The first kappa shape index (κ1) is 13.2. The Morgan fingerprint density at radius 2 is 1.57 bits per heavy atom.